The maximum absolute atomic E-state index is 9.77. The van der Waals surface area contributed by atoms with Crippen molar-refractivity contribution in [2.45, 2.75) is 6.92 Å². The number of nitrogen functional groups attached to an aromatic ring is 1. The van der Waals surface area contributed by atoms with E-state index in [1.807, 2.05) is 42.5 Å². The number of anilines is 1. The van der Waals surface area contributed by atoms with Gasteiger partial charge in [0.05, 0.1) is 5.69 Å². The molecule has 17 heavy (non-hydrogen) atoms. The molecule has 0 aromatic heterocycles. The molecule has 2 rings (SSSR count). The molecule has 0 amide bonds. The maximum Gasteiger partial charge on any atom is 0.145 e. The number of rotatable bonds is 2. The van der Waals surface area contributed by atoms with Crippen molar-refractivity contribution in [1.82, 2.24) is 0 Å². The van der Waals surface area contributed by atoms with Gasteiger partial charge in [0.25, 0.3) is 0 Å². The third kappa shape index (κ3) is 2.48. The summed E-state index contributed by atoms with van der Waals surface area (Å²) in [6.45, 7) is 2.05. The predicted molar refractivity (Wildman–Crippen MR) is 72.6 cm³/mol. The number of aryl methyl sites for hydroxylation is 1. The lowest BCUT2D eigenvalue weighted by Gasteiger charge is -2.03. The Hall–Kier alpha value is -2.22. The van der Waals surface area contributed by atoms with E-state index in [-0.39, 0.29) is 5.75 Å². The van der Waals surface area contributed by atoms with E-state index >= 15 is 0 Å². The summed E-state index contributed by atoms with van der Waals surface area (Å²) in [6, 6.07) is 13.4. The first-order chi connectivity index (χ1) is 8.18. The van der Waals surface area contributed by atoms with Gasteiger partial charge in [-0.1, -0.05) is 48.6 Å². The molecule has 2 nitrogen and oxygen atoms in total. The largest absolute Gasteiger partial charge is 0.505 e. The second-order valence-electron chi connectivity index (χ2n) is 3.97. The van der Waals surface area contributed by atoms with E-state index in [0.29, 0.717) is 5.69 Å². The second kappa shape index (κ2) is 4.74. The zero-order valence-electron chi connectivity index (χ0n) is 9.72. The van der Waals surface area contributed by atoms with Crippen molar-refractivity contribution in [3.63, 3.8) is 0 Å². The molecule has 0 bridgehead atoms. The Balaban J connectivity index is 2.33. The van der Waals surface area contributed by atoms with Crippen LogP contribution in [0.5, 0.6) is 5.75 Å². The lowest BCUT2D eigenvalue weighted by molar-refractivity contribution is 0.477. The number of hydrogen-bond acceptors (Lipinski definition) is 2. The first-order valence-corrected chi connectivity index (χ1v) is 5.49. The summed E-state index contributed by atoms with van der Waals surface area (Å²) in [7, 11) is 0. The van der Waals surface area contributed by atoms with Crippen molar-refractivity contribution < 1.29 is 5.11 Å². The molecule has 0 heterocycles. The lowest BCUT2D eigenvalue weighted by Crippen LogP contribution is -1.86. The van der Waals surface area contributed by atoms with Crippen LogP contribution >= 0.6 is 0 Å². The van der Waals surface area contributed by atoms with E-state index in [9.17, 15) is 5.11 Å². The fourth-order valence-electron chi connectivity index (χ4n) is 1.67. The summed E-state index contributed by atoms with van der Waals surface area (Å²) < 4.78 is 0. The molecule has 0 saturated carbocycles. The molecule has 2 aromatic rings. The van der Waals surface area contributed by atoms with Gasteiger partial charge >= 0.3 is 0 Å². The molecule has 0 radical (unpaired) electrons. The SMILES string of the molecule is Cc1ccccc1C=Cc1cccc(N)c1O. The highest BCUT2D eigenvalue weighted by Gasteiger charge is 2.00. The van der Waals surface area contributed by atoms with E-state index in [1.54, 1.807) is 6.07 Å². The molecular weight excluding hydrogens is 210 g/mol. The quantitative estimate of drug-likeness (QED) is 0.467. The van der Waals surface area contributed by atoms with Crippen LogP contribution in [0.15, 0.2) is 42.5 Å². The van der Waals surface area contributed by atoms with Crippen LogP contribution in [-0.2, 0) is 0 Å². The highest BCUT2D eigenvalue weighted by atomic mass is 16.3. The maximum atomic E-state index is 9.77. The van der Waals surface area contributed by atoms with E-state index < -0.39 is 0 Å². The van der Waals surface area contributed by atoms with Gasteiger partial charge in [-0.15, -0.1) is 0 Å². The Bertz CT molecular complexity index is 559. The van der Waals surface area contributed by atoms with Crippen molar-refractivity contribution in [1.29, 1.82) is 0 Å². The van der Waals surface area contributed by atoms with Gasteiger partial charge in [-0.3, -0.25) is 0 Å². The smallest absolute Gasteiger partial charge is 0.145 e. The second-order valence-corrected chi connectivity index (χ2v) is 3.97. The summed E-state index contributed by atoms with van der Waals surface area (Å²) in [6.07, 6.45) is 3.85. The third-order valence-electron chi connectivity index (χ3n) is 2.73. The Labute approximate surface area is 101 Å². The molecule has 0 fully saturated rings. The van der Waals surface area contributed by atoms with Crippen molar-refractivity contribution in [2.75, 3.05) is 5.73 Å². The third-order valence-corrected chi connectivity index (χ3v) is 2.73. The molecule has 0 atom stereocenters. The molecule has 0 unspecified atom stereocenters. The highest BCUT2D eigenvalue weighted by molar-refractivity contribution is 5.76. The average molecular weight is 225 g/mol. The van der Waals surface area contributed by atoms with Gasteiger partial charge in [-0.2, -0.15) is 0 Å². The van der Waals surface area contributed by atoms with Gasteiger partial charge in [-0.05, 0) is 24.1 Å². The van der Waals surface area contributed by atoms with Crippen molar-refractivity contribution in [3.8, 4) is 5.75 Å². The highest BCUT2D eigenvalue weighted by Crippen LogP contribution is 2.26. The van der Waals surface area contributed by atoms with Crippen LogP contribution in [0.3, 0.4) is 0 Å². The van der Waals surface area contributed by atoms with Crippen LogP contribution in [-0.4, -0.2) is 5.11 Å². The summed E-state index contributed by atoms with van der Waals surface area (Å²) in [5.74, 6) is 0.136. The molecule has 0 aliphatic rings. The standard InChI is InChI=1S/C15H15NO/c1-11-5-2-3-6-12(11)9-10-13-7-4-8-14(16)15(13)17/h2-10,17H,16H2,1H3. The number of hydrogen-bond donors (Lipinski definition) is 2. The molecule has 3 N–H and O–H groups in total. The van der Waals surface area contributed by atoms with Crippen LogP contribution in [0.1, 0.15) is 16.7 Å². The fraction of sp³-hybridized carbons (Fsp3) is 0.0667. The molecule has 0 aliphatic heterocycles. The summed E-state index contributed by atoms with van der Waals surface area (Å²) >= 11 is 0. The molecule has 2 heteroatoms. The zero-order chi connectivity index (χ0) is 12.3. The first kappa shape index (κ1) is 11.3. The van der Waals surface area contributed by atoms with Crippen LogP contribution < -0.4 is 5.73 Å². The normalized spacial score (nSPS) is 10.9. The topological polar surface area (TPSA) is 46.2 Å². The van der Waals surface area contributed by atoms with E-state index in [4.69, 9.17) is 5.73 Å². The Morgan fingerprint density at radius 1 is 0.941 bits per heavy atom. The number of phenols is 1. The Morgan fingerprint density at radius 2 is 1.59 bits per heavy atom. The minimum Gasteiger partial charge on any atom is -0.505 e. The molecule has 0 aliphatic carbocycles. The van der Waals surface area contributed by atoms with Crippen LogP contribution in [0.2, 0.25) is 0 Å². The summed E-state index contributed by atoms with van der Waals surface area (Å²) in [5, 5.41) is 9.77. The molecule has 0 saturated heterocycles. The minimum atomic E-state index is 0.136. The fourth-order valence-corrected chi connectivity index (χ4v) is 1.67. The monoisotopic (exact) mass is 225 g/mol. The molecule has 0 spiro atoms. The molecular formula is C15H15NO. The van der Waals surface area contributed by atoms with Gasteiger partial charge in [0.2, 0.25) is 0 Å². The lowest BCUT2D eigenvalue weighted by atomic mass is 10.1. The van der Waals surface area contributed by atoms with Crippen LogP contribution in [0.4, 0.5) is 5.69 Å². The van der Waals surface area contributed by atoms with Crippen molar-refractivity contribution >= 4 is 17.8 Å². The number of benzene rings is 2. The van der Waals surface area contributed by atoms with Crippen molar-refractivity contribution in [3.05, 3.63) is 59.2 Å². The van der Waals surface area contributed by atoms with Gasteiger partial charge in [0, 0.05) is 5.56 Å². The Kier molecular flexibility index (Phi) is 3.15. The minimum absolute atomic E-state index is 0.136. The van der Waals surface area contributed by atoms with E-state index in [2.05, 4.69) is 13.0 Å². The van der Waals surface area contributed by atoms with Gasteiger partial charge in [0.1, 0.15) is 5.75 Å². The van der Waals surface area contributed by atoms with Gasteiger partial charge in [0.15, 0.2) is 0 Å². The number of nitrogens with two attached hydrogens (primary N) is 1. The number of phenolic OH excluding ortho intramolecular Hbond substituents is 1. The van der Waals surface area contributed by atoms with E-state index in [0.717, 1.165) is 11.1 Å². The Morgan fingerprint density at radius 3 is 2.35 bits per heavy atom. The molecule has 2 aromatic carbocycles. The van der Waals surface area contributed by atoms with Gasteiger partial charge < -0.3 is 10.8 Å². The first-order valence-electron chi connectivity index (χ1n) is 5.49. The van der Waals surface area contributed by atoms with Crippen molar-refractivity contribution in [2.24, 2.45) is 0 Å². The van der Waals surface area contributed by atoms with Gasteiger partial charge in [-0.25, -0.2) is 0 Å². The number of aromatic hydroxyl groups is 1. The predicted octanol–water partition coefficient (Wildman–Crippen LogP) is 3.45. The van der Waals surface area contributed by atoms with Crippen LogP contribution in [0.25, 0.3) is 12.2 Å². The number of para-hydroxylation sites is 1. The average Bonchev–Trinajstić information content (AvgIpc) is 2.33. The van der Waals surface area contributed by atoms with Crippen LogP contribution in [0, 0.1) is 6.92 Å². The molecule has 86 valence electrons. The summed E-state index contributed by atoms with van der Waals surface area (Å²) in [5.41, 5.74) is 9.10. The summed E-state index contributed by atoms with van der Waals surface area (Å²) in [4.78, 5) is 0. The van der Waals surface area contributed by atoms with E-state index in [1.165, 1.54) is 5.56 Å². The zero-order valence-corrected chi connectivity index (χ0v) is 9.72.